The quantitative estimate of drug-likeness (QED) is 0.398. The van der Waals surface area contributed by atoms with Gasteiger partial charge >= 0.3 is 0 Å². The molecule has 134 valence electrons. The minimum Gasteiger partial charge on any atom is -0.493 e. The fourth-order valence-electron chi connectivity index (χ4n) is 2.78. The molecule has 0 bridgehead atoms. The summed E-state index contributed by atoms with van der Waals surface area (Å²) < 4.78 is 19.3. The van der Waals surface area contributed by atoms with Gasteiger partial charge in [0.1, 0.15) is 11.6 Å². The Morgan fingerprint density at radius 1 is 1.28 bits per heavy atom. The lowest BCUT2D eigenvalue weighted by Gasteiger charge is -2.26. The number of guanidine groups is 1. The van der Waals surface area contributed by atoms with Crippen LogP contribution in [0.3, 0.4) is 0 Å². The zero-order valence-electron chi connectivity index (χ0n) is 13.5. The zero-order valence-corrected chi connectivity index (χ0v) is 16.6. The summed E-state index contributed by atoms with van der Waals surface area (Å²) in [6, 6.07) is 12.6. The minimum absolute atomic E-state index is 0. The van der Waals surface area contributed by atoms with Crippen LogP contribution in [0.25, 0.3) is 0 Å². The first-order valence-electron chi connectivity index (χ1n) is 7.86. The third-order valence-electron chi connectivity index (χ3n) is 3.99. The predicted octanol–water partition coefficient (Wildman–Crippen LogP) is 4.07. The number of halogens is 3. The van der Waals surface area contributed by atoms with E-state index in [1.165, 1.54) is 6.07 Å². The Kier molecular flexibility index (Phi) is 7.31. The van der Waals surface area contributed by atoms with Gasteiger partial charge < -0.3 is 15.8 Å². The third-order valence-corrected chi connectivity index (χ3v) is 4.34. The Hall–Kier alpha value is -1.54. The molecule has 0 radical (unpaired) electrons. The molecule has 0 amide bonds. The topological polar surface area (TPSA) is 59.6 Å². The normalized spacial score (nSPS) is 16.4. The molecule has 3 N–H and O–H groups in total. The van der Waals surface area contributed by atoms with Gasteiger partial charge in [0.2, 0.25) is 0 Å². The van der Waals surface area contributed by atoms with Gasteiger partial charge in [-0.1, -0.05) is 35.9 Å². The number of ether oxygens (including phenoxy) is 1. The highest BCUT2D eigenvalue weighted by Gasteiger charge is 2.21. The van der Waals surface area contributed by atoms with Crippen molar-refractivity contribution in [1.82, 2.24) is 5.32 Å². The number of nitrogens with two attached hydrogens (primary N) is 1. The largest absolute Gasteiger partial charge is 0.493 e. The molecule has 0 spiro atoms. The van der Waals surface area contributed by atoms with Crippen LogP contribution in [0.15, 0.2) is 47.5 Å². The third kappa shape index (κ3) is 4.98. The second-order valence-corrected chi connectivity index (χ2v) is 6.00. The maximum atomic E-state index is 13.7. The molecular weight excluding hydrogens is 456 g/mol. The number of benzene rings is 2. The van der Waals surface area contributed by atoms with Crippen molar-refractivity contribution in [2.24, 2.45) is 10.7 Å². The molecular formula is C18H20ClFIN3O. The molecule has 7 heteroatoms. The number of hydrogen-bond acceptors (Lipinski definition) is 2. The van der Waals surface area contributed by atoms with Gasteiger partial charge in [-0.3, -0.25) is 4.99 Å². The van der Waals surface area contributed by atoms with Crippen LogP contribution in [-0.4, -0.2) is 19.1 Å². The van der Waals surface area contributed by atoms with Gasteiger partial charge in [-0.05, 0) is 24.6 Å². The Labute approximate surface area is 168 Å². The van der Waals surface area contributed by atoms with Crippen LogP contribution in [0.1, 0.15) is 23.6 Å². The molecule has 1 unspecified atom stereocenters. The predicted molar refractivity (Wildman–Crippen MR) is 109 cm³/mol. The molecule has 1 aliphatic heterocycles. The van der Waals surface area contributed by atoms with Crippen molar-refractivity contribution in [3.63, 3.8) is 0 Å². The number of rotatable bonds is 4. The smallest absolute Gasteiger partial charge is 0.189 e. The Morgan fingerprint density at radius 2 is 2.08 bits per heavy atom. The summed E-state index contributed by atoms with van der Waals surface area (Å²) in [7, 11) is 0. The molecule has 0 aromatic heterocycles. The molecule has 25 heavy (non-hydrogen) atoms. The highest BCUT2D eigenvalue weighted by atomic mass is 127. The monoisotopic (exact) mass is 475 g/mol. The number of nitrogens with one attached hydrogen (secondary N) is 1. The lowest BCUT2D eigenvalue weighted by Crippen LogP contribution is -2.37. The molecule has 2 aromatic carbocycles. The summed E-state index contributed by atoms with van der Waals surface area (Å²) in [6.07, 6.45) is 1.21. The van der Waals surface area contributed by atoms with Crippen molar-refractivity contribution in [1.29, 1.82) is 0 Å². The van der Waals surface area contributed by atoms with Gasteiger partial charge in [-0.15, -0.1) is 24.0 Å². The van der Waals surface area contributed by atoms with E-state index in [9.17, 15) is 4.39 Å². The van der Waals surface area contributed by atoms with Crippen LogP contribution in [0.5, 0.6) is 5.75 Å². The van der Waals surface area contributed by atoms with Crippen LogP contribution >= 0.6 is 35.6 Å². The van der Waals surface area contributed by atoms with E-state index in [2.05, 4.69) is 10.3 Å². The lowest BCUT2D eigenvalue weighted by molar-refractivity contribution is 0.262. The average Bonchev–Trinajstić information content (AvgIpc) is 2.58. The van der Waals surface area contributed by atoms with Crippen molar-refractivity contribution in [2.45, 2.75) is 18.9 Å². The number of nitrogens with zero attached hydrogens (tertiary/aromatic N) is 1. The van der Waals surface area contributed by atoms with Gasteiger partial charge in [-0.25, -0.2) is 4.39 Å². The standard InChI is InChI=1S/C18H19ClFN3O.HI/c19-14-5-3-6-15(20)12(14)8-10-22-18(21)23-16-9-11-24-17-7-2-1-4-13(16)17;/h1-7,16H,8-11H2,(H3,21,22,23);1H. The van der Waals surface area contributed by atoms with Crippen LogP contribution in [0, 0.1) is 5.82 Å². The molecule has 0 fully saturated rings. The summed E-state index contributed by atoms with van der Waals surface area (Å²) in [4.78, 5) is 4.29. The first kappa shape index (κ1) is 19.8. The summed E-state index contributed by atoms with van der Waals surface area (Å²) in [5.74, 6) is 0.888. The number of aliphatic imine (C=N–C) groups is 1. The minimum atomic E-state index is -0.317. The fourth-order valence-corrected chi connectivity index (χ4v) is 3.03. The lowest BCUT2D eigenvalue weighted by atomic mass is 10.0. The Morgan fingerprint density at radius 3 is 2.88 bits per heavy atom. The van der Waals surface area contributed by atoms with Crippen molar-refractivity contribution in [3.8, 4) is 5.75 Å². The van der Waals surface area contributed by atoms with Crippen LogP contribution in [0.2, 0.25) is 5.02 Å². The van der Waals surface area contributed by atoms with Gasteiger partial charge in [0.05, 0.1) is 12.6 Å². The van der Waals surface area contributed by atoms with Gasteiger partial charge in [0.25, 0.3) is 0 Å². The van der Waals surface area contributed by atoms with E-state index < -0.39 is 0 Å². The van der Waals surface area contributed by atoms with E-state index in [4.69, 9.17) is 22.1 Å². The van der Waals surface area contributed by atoms with Crippen LogP contribution < -0.4 is 15.8 Å². The van der Waals surface area contributed by atoms with E-state index in [1.54, 1.807) is 12.1 Å². The van der Waals surface area contributed by atoms with Crippen molar-refractivity contribution < 1.29 is 9.13 Å². The summed E-state index contributed by atoms with van der Waals surface area (Å²) in [5.41, 5.74) is 7.51. The van der Waals surface area contributed by atoms with E-state index >= 15 is 0 Å². The number of hydrogen-bond donors (Lipinski definition) is 2. The summed E-state index contributed by atoms with van der Waals surface area (Å²) >= 11 is 6.01. The summed E-state index contributed by atoms with van der Waals surface area (Å²) in [5, 5.41) is 3.62. The van der Waals surface area contributed by atoms with E-state index in [0.29, 0.717) is 36.1 Å². The van der Waals surface area contributed by atoms with Crippen molar-refractivity contribution in [2.75, 3.05) is 13.2 Å². The zero-order chi connectivity index (χ0) is 16.9. The molecule has 0 saturated heterocycles. The number of para-hydroxylation sites is 1. The maximum absolute atomic E-state index is 13.7. The SMILES string of the molecule is I.NC(=NCCc1c(F)cccc1Cl)NC1CCOc2ccccc21. The van der Waals surface area contributed by atoms with Gasteiger partial charge in [-0.2, -0.15) is 0 Å². The highest BCUT2D eigenvalue weighted by Crippen LogP contribution is 2.31. The van der Waals surface area contributed by atoms with Gasteiger partial charge in [0, 0.05) is 29.1 Å². The van der Waals surface area contributed by atoms with E-state index in [-0.39, 0.29) is 35.8 Å². The molecule has 0 aliphatic carbocycles. The van der Waals surface area contributed by atoms with E-state index in [0.717, 1.165) is 17.7 Å². The molecule has 0 saturated carbocycles. The maximum Gasteiger partial charge on any atom is 0.189 e. The highest BCUT2D eigenvalue weighted by molar-refractivity contribution is 14.0. The first-order chi connectivity index (χ1) is 11.6. The molecule has 1 atom stereocenters. The fraction of sp³-hybridized carbons (Fsp3) is 0.278. The molecule has 3 rings (SSSR count). The average molecular weight is 476 g/mol. The van der Waals surface area contributed by atoms with Crippen molar-refractivity contribution >= 4 is 41.5 Å². The molecule has 4 nitrogen and oxygen atoms in total. The second kappa shape index (κ2) is 9.24. The summed E-state index contributed by atoms with van der Waals surface area (Å²) in [6.45, 7) is 0.997. The van der Waals surface area contributed by atoms with Crippen LogP contribution in [-0.2, 0) is 6.42 Å². The Balaban J connectivity index is 0.00000225. The van der Waals surface area contributed by atoms with Crippen molar-refractivity contribution in [3.05, 3.63) is 64.4 Å². The second-order valence-electron chi connectivity index (χ2n) is 5.59. The molecule has 1 heterocycles. The van der Waals surface area contributed by atoms with E-state index in [1.807, 2.05) is 24.3 Å². The van der Waals surface area contributed by atoms with Crippen LogP contribution in [0.4, 0.5) is 4.39 Å². The molecule has 1 aliphatic rings. The Bertz CT molecular complexity index is 737. The van der Waals surface area contributed by atoms with Gasteiger partial charge in [0.15, 0.2) is 5.96 Å². The number of fused-ring (bicyclic) bond motifs is 1. The molecule has 2 aromatic rings. The first-order valence-corrected chi connectivity index (χ1v) is 8.24.